The van der Waals surface area contributed by atoms with Gasteiger partial charge in [0, 0.05) is 12.6 Å². The van der Waals surface area contributed by atoms with Crippen LogP contribution in [0, 0.1) is 17.1 Å². The van der Waals surface area contributed by atoms with E-state index in [1.165, 1.54) is 4.57 Å². The maximum Gasteiger partial charge on any atom is 0.274 e. The normalized spacial score (nSPS) is 18.4. The summed E-state index contributed by atoms with van der Waals surface area (Å²) in [5.74, 6) is -1.38. The van der Waals surface area contributed by atoms with Gasteiger partial charge in [-0.05, 0) is 32.5 Å². The molecular formula is C15H14ClFN4O2. The van der Waals surface area contributed by atoms with Crippen LogP contribution in [0.4, 0.5) is 4.39 Å². The van der Waals surface area contributed by atoms with Gasteiger partial charge in [-0.1, -0.05) is 11.6 Å². The number of fused-ring (bicyclic) bond motifs is 1. The zero-order valence-corrected chi connectivity index (χ0v) is 13.1. The van der Waals surface area contributed by atoms with Crippen molar-refractivity contribution in [2.75, 3.05) is 13.6 Å². The molecule has 0 aromatic carbocycles. The molecule has 120 valence electrons. The molecule has 0 radical (unpaired) electrons. The first-order valence-electron chi connectivity index (χ1n) is 7.16. The Bertz CT molecular complexity index is 890. The van der Waals surface area contributed by atoms with E-state index in [4.69, 9.17) is 16.9 Å². The number of aromatic nitrogens is 2. The maximum absolute atomic E-state index is 13.7. The molecule has 1 fully saturated rings. The highest BCUT2D eigenvalue weighted by Gasteiger charge is 2.25. The molecule has 8 heteroatoms. The molecule has 1 saturated heterocycles. The number of aromatic hydroxyl groups is 1. The highest BCUT2D eigenvalue weighted by molar-refractivity contribution is 6.30. The Morgan fingerprint density at radius 3 is 2.96 bits per heavy atom. The predicted octanol–water partition coefficient (Wildman–Crippen LogP) is 1.86. The molecular weight excluding hydrogens is 323 g/mol. The lowest BCUT2D eigenvalue weighted by molar-refractivity contribution is 0.282. The molecule has 1 N–H and O–H groups in total. The Labute approximate surface area is 136 Å². The average molecular weight is 337 g/mol. The summed E-state index contributed by atoms with van der Waals surface area (Å²) in [6.45, 7) is 1.22. The molecule has 3 heterocycles. The van der Waals surface area contributed by atoms with Gasteiger partial charge < -0.3 is 10.0 Å². The largest absolute Gasteiger partial charge is 0.506 e. The molecule has 1 aliphatic rings. The van der Waals surface area contributed by atoms with Crippen molar-refractivity contribution >= 4 is 22.6 Å². The summed E-state index contributed by atoms with van der Waals surface area (Å²) in [4.78, 5) is 18.5. The van der Waals surface area contributed by atoms with E-state index in [0.717, 1.165) is 25.5 Å². The van der Waals surface area contributed by atoms with Gasteiger partial charge in [-0.2, -0.15) is 5.26 Å². The number of nitrogens with zero attached hydrogens (tertiary/aromatic N) is 4. The fraction of sp³-hybridized carbons (Fsp3) is 0.400. The third kappa shape index (κ3) is 2.54. The second-order valence-corrected chi connectivity index (χ2v) is 6.02. The topological polar surface area (TPSA) is 82.2 Å². The zero-order chi connectivity index (χ0) is 16.7. The standard InChI is InChI=1S/C15H14ClFN4O2/c1-20-4-2-3-8(20)7-21-14-9(5-11(17)13(16)19-14)12(22)10(6-18)15(21)23/h5,8,22H,2-4,7H2,1H3. The number of hydrogen-bond acceptors (Lipinski definition) is 5. The number of halogens is 2. The van der Waals surface area contributed by atoms with Crippen LogP contribution in [0.2, 0.25) is 5.15 Å². The molecule has 1 atom stereocenters. The second kappa shape index (κ2) is 5.80. The van der Waals surface area contributed by atoms with Crippen LogP contribution in [0.25, 0.3) is 11.0 Å². The summed E-state index contributed by atoms with van der Waals surface area (Å²) < 4.78 is 15.0. The fourth-order valence-electron chi connectivity index (χ4n) is 3.00. The second-order valence-electron chi connectivity index (χ2n) is 5.66. The van der Waals surface area contributed by atoms with Gasteiger partial charge in [0.15, 0.2) is 16.5 Å². The Morgan fingerprint density at radius 2 is 2.35 bits per heavy atom. The number of nitriles is 1. The van der Waals surface area contributed by atoms with E-state index in [1.54, 1.807) is 6.07 Å². The van der Waals surface area contributed by atoms with E-state index in [-0.39, 0.29) is 22.2 Å². The summed E-state index contributed by atoms with van der Waals surface area (Å²) in [6.07, 6.45) is 1.92. The van der Waals surface area contributed by atoms with Crippen molar-refractivity contribution in [1.29, 1.82) is 5.26 Å². The third-order valence-electron chi connectivity index (χ3n) is 4.30. The van der Waals surface area contributed by atoms with Gasteiger partial charge in [0.2, 0.25) is 0 Å². The third-order valence-corrected chi connectivity index (χ3v) is 4.56. The average Bonchev–Trinajstić information content (AvgIpc) is 2.91. The molecule has 2 aromatic rings. The zero-order valence-electron chi connectivity index (χ0n) is 12.4. The fourth-order valence-corrected chi connectivity index (χ4v) is 3.13. The highest BCUT2D eigenvalue weighted by Crippen LogP contribution is 2.28. The van der Waals surface area contributed by atoms with Crippen LogP contribution in [-0.4, -0.2) is 39.2 Å². The van der Waals surface area contributed by atoms with E-state index < -0.39 is 22.7 Å². The lowest BCUT2D eigenvalue weighted by atomic mass is 10.1. The van der Waals surface area contributed by atoms with Crippen molar-refractivity contribution in [2.45, 2.75) is 25.4 Å². The number of rotatable bonds is 2. The lowest BCUT2D eigenvalue weighted by Gasteiger charge is -2.21. The number of pyridine rings is 2. The van der Waals surface area contributed by atoms with Crippen molar-refractivity contribution in [2.24, 2.45) is 0 Å². The van der Waals surface area contributed by atoms with Gasteiger partial charge in [-0.15, -0.1) is 0 Å². The van der Waals surface area contributed by atoms with Crippen molar-refractivity contribution in [3.63, 3.8) is 0 Å². The van der Waals surface area contributed by atoms with Gasteiger partial charge in [0.1, 0.15) is 17.5 Å². The minimum Gasteiger partial charge on any atom is -0.506 e. The molecule has 3 rings (SSSR count). The van der Waals surface area contributed by atoms with Crippen LogP contribution >= 0.6 is 11.6 Å². The summed E-state index contributed by atoms with van der Waals surface area (Å²) in [5, 5.41) is 18.9. The Hall–Kier alpha value is -2.17. The van der Waals surface area contributed by atoms with Crippen LogP contribution in [0.5, 0.6) is 5.75 Å². The Balaban J connectivity index is 2.28. The molecule has 1 aliphatic heterocycles. The van der Waals surface area contributed by atoms with Gasteiger partial charge in [-0.3, -0.25) is 9.36 Å². The molecule has 1 unspecified atom stereocenters. The van der Waals surface area contributed by atoms with Gasteiger partial charge in [0.05, 0.1) is 5.39 Å². The van der Waals surface area contributed by atoms with Gasteiger partial charge in [0.25, 0.3) is 5.56 Å². The monoisotopic (exact) mass is 336 g/mol. The van der Waals surface area contributed by atoms with Gasteiger partial charge in [-0.25, -0.2) is 9.37 Å². The maximum atomic E-state index is 13.7. The molecule has 0 saturated carbocycles. The summed E-state index contributed by atoms with van der Waals surface area (Å²) in [7, 11) is 1.95. The number of likely N-dealkylation sites (tertiary alicyclic amines) is 1. The van der Waals surface area contributed by atoms with E-state index in [9.17, 15) is 14.3 Å². The smallest absolute Gasteiger partial charge is 0.274 e. The minimum absolute atomic E-state index is 0.00343. The predicted molar refractivity (Wildman–Crippen MR) is 83.0 cm³/mol. The van der Waals surface area contributed by atoms with E-state index in [2.05, 4.69) is 9.88 Å². The Morgan fingerprint density at radius 1 is 1.61 bits per heavy atom. The molecule has 0 bridgehead atoms. The molecule has 23 heavy (non-hydrogen) atoms. The first kappa shape index (κ1) is 15.7. The summed E-state index contributed by atoms with van der Waals surface area (Å²) in [6, 6.07) is 2.79. The van der Waals surface area contributed by atoms with Gasteiger partial charge >= 0.3 is 0 Å². The van der Waals surface area contributed by atoms with Crippen molar-refractivity contribution in [3.8, 4) is 11.8 Å². The summed E-state index contributed by atoms with van der Waals surface area (Å²) in [5.41, 5.74) is -0.979. The van der Waals surface area contributed by atoms with E-state index >= 15 is 0 Å². The first-order chi connectivity index (χ1) is 10.9. The van der Waals surface area contributed by atoms with Crippen LogP contribution < -0.4 is 5.56 Å². The number of hydrogen-bond donors (Lipinski definition) is 1. The van der Waals surface area contributed by atoms with E-state index in [0.29, 0.717) is 6.54 Å². The molecule has 0 amide bonds. The lowest BCUT2D eigenvalue weighted by Crippen LogP contribution is -2.35. The van der Waals surface area contributed by atoms with Crippen LogP contribution in [0.3, 0.4) is 0 Å². The Kier molecular flexibility index (Phi) is 3.96. The SMILES string of the molecule is CN1CCCC1Cn1c(=O)c(C#N)c(O)c2cc(F)c(Cl)nc21. The highest BCUT2D eigenvalue weighted by atomic mass is 35.5. The van der Waals surface area contributed by atoms with Crippen LogP contribution in [0.15, 0.2) is 10.9 Å². The molecule has 6 nitrogen and oxygen atoms in total. The molecule has 0 spiro atoms. The van der Waals surface area contributed by atoms with Crippen LogP contribution in [0.1, 0.15) is 18.4 Å². The molecule has 0 aliphatic carbocycles. The molecule has 2 aromatic heterocycles. The number of likely N-dealkylation sites (N-methyl/N-ethyl adjacent to an activating group) is 1. The van der Waals surface area contributed by atoms with Crippen LogP contribution in [-0.2, 0) is 6.54 Å². The van der Waals surface area contributed by atoms with Crippen molar-refractivity contribution in [3.05, 3.63) is 33.0 Å². The van der Waals surface area contributed by atoms with Crippen molar-refractivity contribution in [1.82, 2.24) is 14.5 Å². The minimum atomic E-state index is -0.818. The van der Waals surface area contributed by atoms with E-state index in [1.807, 2.05) is 7.05 Å². The quantitative estimate of drug-likeness (QED) is 0.846. The summed E-state index contributed by atoms with van der Waals surface area (Å²) >= 11 is 5.72. The first-order valence-corrected chi connectivity index (χ1v) is 7.53. The van der Waals surface area contributed by atoms with Crippen molar-refractivity contribution < 1.29 is 9.50 Å².